The number of nitrogens with zero attached hydrogens (tertiary/aromatic N) is 5. The van der Waals surface area contributed by atoms with Gasteiger partial charge < -0.3 is 4.57 Å². The van der Waals surface area contributed by atoms with Crippen molar-refractivity contribution in [3.05, 3.63) is 60.2 Å². The van der Waals surface area contributed by atoms with E-state index in [-0.39, 0.29) is 22.0 Å². The number of aryl methyl sites for hydroxylation is 1. The summed E-state index contributed by atoms with van der Waals surface area (Å²) in [6, 6.07) is 10.7. The molecule has 0 bridgehead atoms. The van der Waals surface area contributed by atoms with Crippen molar-refractivity contribution in [3.63, 3.8) is 0 Å². The molecule has 2 unspecified atom stereocenters. The Balaban J connectivity index is 1.49. The Kier molecular flexibility index (Phi) is 3.71. The van der Waals surface area contributed by atoms with E-state index in [1.807, 2.05) is 12.4 Å². The van der Waals surface area contributed by atoms with Crippen molar-refractivity contribution < 1.29 is 4.79 Å². The van der Waals surface area contributed by atoms with Crippen molar-refractivity contribution in [2.45, 2.75) is 51.9 Å². The lowest BCUT2D eigenvalue weighted by Crippen LogP contribution is -2.50. The SMILES string of the molecule is Cc1nc2c(n1-c1cccc(-c3cncnc3)c1)CC[C@@]13CC1(C)C(=O)C(C#N)C[C@]23C. The maximum Gasteiger partial charge on any atom is 0.156 e. The minimum atomic E-state index is -0.543. The zero-order valence-corrected chi connectivity index (χ0v) is 18.6. The number of ketones is 1. The van der Waals surface area contributed by atoms with E-state index >= 15 is 0 Å². The molecule has 2 aromatic heterocycles. The Labute approximate surface area is 187 Å². The van der Waals surface area contributed by atoms with Gasteiger partial charge in [-0.1, -0.05) is 26.0 Å². The first-order valence-corrected chi connectivity index (χ1v) is 11.2. The highest BCUT2D eigenvalue weighted by atomic mass is 16.1. The van der Waals surface area contributed by atoms with E-state index in [1.165, 1.54) is 12.0 Å². The molecule has 0 saturated heterocycles. The van der Waals surface area contributed by atoms with Crippen LogP contribution in [0.1, 0.15) is 50.3 Å². The van der Waals surface area contributed by atoms with Crippen molar-refractivity contribution in [3.8, 4) is 22.9 Å². The summed E-state index contributed by atoms with van der Waals surface area (Å²) in [6.07, 6.45) is 8.49. The molecule has 160 valence electrons. The fourth-order valence-corrected chi connectivity index (χ4v) is 7.03. The maximum absolute atomic E-state index is 13.0. The molecule has 32 heavy (non-hydrogen) atoms. The minimum absolute atomic E-state index is 0.0632. The zero-order chi connectivity index (χ0) is 22.3. The second kappa shape index (κ2) is 6.13. The van der Waals surface area contributed by atoms with Gasteiger partial charge in [-0.3, -0.25) is 4.79 Å². The fraction of sp³-hybridized carbons (Fsp3) is 0.423. The van der Waals surface area contributed by atoms with Gasteiger partial charge in [0.25, 0.3) is 0 Å². The molecule has 2 heterocycles. The minimum Gasteiger partial charge on any atom is -0.301 e. The van der Waals surface area contributed by atoms with Crippen molar-refractivity contribution in [1.82, 2.24) is 19.5 Å². The first-order chi connectivity index (χ1) is 15.3. The van der Waals surface area contributed by atoms with Gasteiger partial charge in [0.15, 0.2) is 5.78 Å². The van der Waals surface area contributed by atoms with Crippen molar-refractivity contribution >= 4 is 5.78 Å². The van der Waals surface area contributed by atoms with Crippen LogP contribution in [0.3, 0.4) is 0 Å². The van der Waals surface area contributed by atoms with Crippen molar-refractivity contribution in [2.24, 2.45) is 16.7 Å². The lowest BCUT2D eigenvalue weighted by molar-refractivity contribution is -0.132. The predicted molar refractivity (Wildman–Crippen MR) is 119 cm³/mol. The van der Waals surface area contributed by atoms with E-state index < -0.39 is 5.92 Å². The van der Waals surface area contributed by atoms with Crippen LogP contribution in [0.2, 0.25) is 0 Å². The highest BCUT2D eigenvalue weighted by Gasteiger charge is 2.80. The average Bonchev–Trinajstić information content (AvgIpc) is 3.30. The number of fused-ring (bicyclic) bond motifs is 2. The van der Waals surface area contributed by atoms with Gasteiger partial charge in [-0.2, -0.15) is 5.26 Å². The number of benzene rings is 1. The third-order valence-corrected chi connectivity index (χ3v) is 8.72. The Hall–Kier alpha value is -3.33. The third kappa shape index (κ3) is 2.19. The molecule has 0 N–H and O–H groups in total. The Bertz CT molecular complexity index is 1320. The molecule has 2 fully saturated rings. The number of rotatable bonds is 2. The number of carbonyl (C=O) groups excluding carboxylic acids is 1. The largest absolute Gasteiger partial charge is 0.301 e. The summed E-state index contributed by atoms with van der Waals surface area (Å²) in [5.41, 5.74) is 4.71. The molecule has 1 aromatic carbocycles. The average molecular weight is 424 g/mol. The highest BCUT2D eigenvalue weighted by Crippen LogP contribution is 2.80. The zero-order valence-electron chi connectivity index (χ0n) is 18.6. The summed E-state index contributed by atoms with van der Waals surface area (Å²) in [5, 5.41) is 9.73. The molecular weight excluding hydrogens is 398 g/mol. The smallest absolute Gasteiger partial charge is 0.156 e. The Morgan fingerprint density at radius 2 is 1.94 bits per heavy atom. The van der Waals surface area contributed by atoms with Gasteiger partial charge in [-0.05, 0) is 55.7 Å². The molecular formula is C26H25N5O. The van der Waals surface area contributed by atoms with Crippen LogP contribution in [0.4, 0.5) is 0 Å². The number of hydrogen-bond donors (Lipinski definition) is 0. The molecule has 6 rings (SSSR count). The van der Waals surface area contributed by atoms with Crippen LogP contribution in [-0.2, 0) is 16.6 Å². The van der Waals surface area contributed by atoms with Gasteiger partial charge in [0, 0.05) is 40.2 Å². The van der Waals surface area contributed by atoms with E-state index in [0.29, 0.717) is 6.42 Å². The van der Waals surface area contributed by atoms with Crippen LogP contribution in [0, 0.1) is 35.0 Å². The van der Waals surface area contributed by atoms with E-state index in [4.69, 9.17) is 4.98 Å². The normalized spacial score (nSPS) is 32.4. The van der Waals surface area contributed by atoms with Gasteiger partial charge in [-0.25, -0.2) is 15.0 Å². The van der Waals surface area contributed by atoms with Gasteiger partial charge in [0.2, 0.25) is 0 Å². The van der Waals surface area contributed by atoms with Crippen LogP contribution < -0.4 is 0 Å². The van der Waals surface area contributed by atoms with E-state index in [9.17, 15) is 10.1 Å². The number of aromatic nitrogens is 4. The van der Waals surface area contributed by atoms with Crippen LogP contribution >= 0.6 is 0 Å². The number of nitriles is 1. The highest BCUT2D eigenvalue weighted by molar-refractivity contribution is 5.94. The molecule has 3 aromatic rings. The molecule has 0 aliphatic heterocycles. The van der Waals surface area contributed by atoms with Crippen molar-refractivity contribution in [2.75, 3.05) is 0 Å². The maximum atomic E-state index is 13.0. The molecule has 0 amide bonds. The van der Waals surface area contributed by atoms with Crippen molar-refractivity contribution in [1.29, 1.82) is 5.26 Å². The lowest BCUT2D eigenvalue weighted by atomic mass is 9.54. The van der Waals surface area contributed by atoms with E-state index in [0.717, 1.165) is 47.6 Å². The summed E-state index contributed by atoms with van der Waals surface area (Å²) in [7, 11) is 0. The van der Waals surface area contributed by atoms with Gasteiger partial charge in [0.05, 0.1) is 11.8 Å². The number of Topliss-reactive ketones (excluding diaryl/α,β-unsaturated/α-hetero) is 1. The fourth-order valence-electron chi connectivity index (χ4n) is 7.03. The molecule has 6 heteroatoms. The molecule has 1 spiro atoms. The lowest BCUT2D eigenvalue weighted by Gasteiger charge is -2.48. The standard InChI is InChI=1S/C26H25N5O/c1-16-30-22-21(31(16)20-6-4-5-17(9-20)19-12-28-15-29-13-19)7-8-26-14-25(26,3)23(32)18(11-27)10-24(22,26)2/h4-6,9,12-13,15,18H,7-8,10,14H2,1-3H3/t18?,24-,25?,26+/m1/s1. The summed E-state index contributed by atoms with van der Waals surface area (Å²) in [6.45, 7) is 6.38. The summed E-state index contributed by atoms with van der Waals surface area (Å²) >= 11 is 0. The number of carbonyl (C=O) groups is 1. The van der Waals surface area contributed by atoms with Crippen LogP contribution in [0.5, 0.6) is 0 Å². The summed E-state index contributed by atoms with van der Waals surface area (Å²) < 4.78 is 2.26. The second-order valence-electron chi connectivity index (χ2n) is 10.1. The van der Waals surface area contributed by atoms with Gasteiger partial charge >= 0.3 is 0 Å². The quantitative estimate of drug-likeness (QED) is 0.612. The molecule has 0 radical (unpaired) electrons. The van der Waals surface area contributed by atoms with E-state index in [2.05, 4.69) is 65.6 Å². The van der Waals surface area contributed by atoms with Crippen LogP contribution in [0.15, 0.2) is 43.0 Å². The van der Waals surface area contributed by atoms with Gasteiger partial charge in [-0.15, -0.1) is 0 Å². The Morgan fingerprint density at radius 1 is 1.16 bits per heavy atom. The first-order valence-electron chi connectivity index (χ1n) is 11.2. The molecule has 6 nitrogen and oxygen atoms in total. The molecule has 2 saturated carbocycles. The summed E-state index contributed by atoms with van der Waals surface area (Å²) in [4.78, 5) is 26.4. The third-order valence-electron chi connectivity index (χ3n) is 8.72. The number of hydrogen-bond acceptors (Lipinski definition) is 5. The molecule has 3 aliphatic carbocycles. The second-order valence-corrected chi connectivity index (χ2v) is 10.1. The van der Waals surface area contributed by atoms with Crippen LogP contribution in [-0.4, -0.2) is 25.3 Å². The van der Waals surface area contributed by atoms with E-state index in [1.54, 1.807) is 0 Å². The predicted octanol–water partition coefficient (Wildman–Crippen LogP) is 4.35. The Morgan fingerprint density at radius 3 is 2.69 bits per heavy atom. The first kappa shape index (κ1) is 19.4. The molecule has 3 aliphatic rings. The topological polar surface area (TPSA) is 84.5 Å². The number of imidazole rings is 1. The van der Waals surface area contributed by atoms with Crippen LogP contribution in [0.25, 0.3) is 16.8 Å². The molecule has 4 atom stereocenters. The van der Waals surface area contributed by atoms with Gasteiger partial charge in [0.1, 0.15) is 18.1 Å². The summed E-state index contributed by atoms with van der Waals surface area (Å²) in [5.74, 6) is 0.552. The monoisotopic (exact) mass is 423 g/mol.